The standard InChI is InChI=1S/C60H44N2/c1-41-20-18-32-51(44-24-10-4-11-25-44)59(41)61(49-28-14-6-15-29-49)55-40-56(62(50-30-16-7-17-31-50)60-42(2)21-19-33-52(60)45-26-12-5-13-27-45)54-37-35-47-39-48(43-22-8-3-9-23-43)38-46-34-36-53(55)58(54)57(46)47/h3-40H,1-2H3. The topological polar surface area (TPSA) is 6.48 Å². The molecule has 0 bridgehead atoms. The lowest BCUT2D eigenvalue weighted by atomic mass is 9.88. The van der Waals surface area contributed by atoms with Crippen LogP contribution in [0.25, 0.3) is 65.7 Å². The molecule has 0 unspecified atom stereocenters. The maximum absolute atomic E-state index is 2.52. The van der Waals surface area contributed by atoms with Crippen molar-refractivity contribution in [1.82, 2.24) is 0 Å². The largest absolute Gasteiger partial charge is 0.309 e. The quantitative estimate of drug-likeness (QED) is 0.134. The van der Waals surface area contributed by atoms with Gasteiger partial charge in [0, 0.05) is 38.7 Å². The zero-order chi connectivity index (χ0) is 41.6. The molecule has 0 heterocycles. The van der Waals surface area contributed by atoms with E-state index in [4.69, 9.17) is 0 Å². The molecular weight excluding hydrogens is 749 g/mol. The van der Waals surface area contributed by atoms with Crippen molar-refractivity contribution in [3.05, 3.63) is 242 Å². The molecule has 0 amide bonds. The Hall–Kier alpha value is -7.94. The number of anilines is 6. The summed E-state index contributed by atoms with van der Waals surface area (Å²) in [7, 11) is 0. The molecule has 0 aliphatic heterocycles. The average Bonchev–Trinajstić information content (AvgIpc) is 3.33. The lowest BCUT2D eigenvalue weighted by molar-refractivity contribution is 1.24. The van der Waals surface area contributed by atoms with Crippen LogP contribution in [0.4, 0.5) is 34.1 Å². The Morgan fingerprint density at radius 2 is 0.677 bits per heavy atom. The average molecular weight is 793 g/mol. The minimum absolute atomic E-state index is 1.10. The van der Waals surface area contributed by atoms with Crippen molar-refractivity contribution >= 4 is 66.4 Å². The van der Waals surface area contributed by atoms with Gasteiger partial charge in [0.05, 0.1) is 22.7 Å². The fraction of sp³-hybridized carbons (Fsp3) is 0.0333. The summed E-state index contributed by atoms with van der Waals surface area (Å²) in [4.78, 5) is 5.03. The molecule has 0 spiro atoms. The van der Waals surface area contributed by atoms with E-state index in [0.29, 0.717) is 0 Å². The highest BCUT2D eigenvalue weighted by Crippen LogP contribution is 2.53. The molecule has 2 heteroatoms. The van der Waals surface area contributed by atoms with Crippen LogP contribution in [-0.4, -0.2) is 0 Å². The molecule has 0 aliphatic rings. The summed E-state index contributed by atoms with van der Waals surface area (Å²) >= 11 is 0. The smallest absolute Gasteiger partial charge is 0.0569 e. The first-order valence-corrected chi connectivity index (χ1v) is 21.4. The normalized spacial score (nSPS) is 11.4. The van der Waals surface area contributed by atoms with Crippen molar-refractivity contribution in [2.75, 3.05) is 9.80 Å². The molecule has 11 aromatic rings. The first-order chi connectivity index (χ1) is 30.6. The fourth-order valence-electron chi connectivity index (χ4n) is 9.59. The second-order valence-corrected chi connectivity index (χ2v) is 16.2. The second-order valence-electron chi connectivity index (χ2n) is 16.2. The summed E-state index contributed by atoms with van der Waals surface area (Å²) in [5.74, 6) is 0. The lowest BCUT2D eigenvalue weighted by Gasteiger charge is -2.35. The van der Waals surface area contributed by atoms with Gasteiger partial charge >= 0.3 is 0 Å². The Morgan fingerprint density at radius 1 is 0.290 bits per heavy atom. The first kappa shape index (κ1) is 37.1. The number of rotatable bonds is 9. The van der Waals surface area contributed by atoms with Crippen LogP contribution in [0.5, 0.6) is 0 Å². The summed E-state index contributed by atoms with van der Waals surface area (Å²) in [6.07, 6.45) is 0. The minimum Gasteiger partial charge on any atom is -0.309 e. The summed E-state index contributed by atoms with van der Waals surface area (Å²) in [6.45, 7) is 4.49. The highest BCUT2D eigenvalue weighted by Gasteiger charge is 2.28. The maximum atomic E-state index is 2.52. The Bertz CT molecular complexity index is 3140. The molecule has 294 valence electrons. The molecule has 0 radical (unpaired) electrons. The third-order valence-electron chi connectivity index (χ3n) is 12.4. The molecule has 0 saturated heterocycles. The Morgan fingerprint density at radius 3 is 1.10 bits per heavy atom. The molecule has 0 aliphatic carbocycles. The van der Waals surface area contributed by atoms with Crippen LogP contribution in [0.2, 0.25) is 0 Å². The summed E-state index contributed by atoms with van der Waals surface area (Å²) in [6, 6.07) is 84.2. The SMILES string of the molecule is Cc1cccc(-c2ccccc2)c1N(c1ccccc1)c1cc(N(c2ccccc2)c2c(C)cccc2-c2ccccc2)c2ccc3cc(-c4ccccc4)cc4ccc1c2c43. The molecule has 11 rings (SSSR count). The Balaban J connectivity index is 1.30. The van der Waals surface area contributed by atoms with Crippen LogP contribution in [0.1, 0.15) is 11.1 Å². The van der Waals surface area contributed by atoms with Gasteiger partial charge in [0.15, 0.2) is 0 Å². The van der Waals surface area contributed by atoms with E-state index >= 15 is 0 Å². The van der Waals surface area contributed by atoms with Crippen molar-refractivity contribution in [3.8, 4) is 33.4 Å². The summed E-state index contributed by atoms with van der Waals surface area (Å²) in [5.41, 5.74) is 16.3. The Kier molecular flexibility index (Phi) is 9.32. The van der Waals surface area contributed by atoms with Crippen molar-refractivity contribution in [1.29, 1.82) is 0 Å². The van der Waals surface area contributed by atoms with E-state index in [1.54, 1.807) is 0 Å². The highest BCUT2D eigenvalue weighted by atomic mass is 15.2. The van der Waals surface area contributed by atoms with Crippen LogP contribution in [0.3, 0.4) is 0 Å². The van der Waals surface area contributed by atoms with Crippen molar-refractivity contribution < 1.29 is 0 Å². The van der Waals surface area contributed by atoms with E-state index in [1.807, 2.05) is 0 Å². The molecule has 11 aromatic carbocycles. The van der Waals surface area contributed by atoms with E-state index in [1.165, 1.54) is 76.8 Å². The van der Waals surface area contributed by atoms with Gasteiger partial charge in [0.2, 0.25) is 0 Å². The molecular formula is C60H44N2. The van der Waals surface area contributed by atoms with Gasteiger partial charge in [-0.3, -0.25) is 0 Å². The predicted molar refractivity (Wildman–Crippen MR) is 265 cm³/mol. The van der Waals surface area contributed by atoms with E-state index in [-0.39, 0.29) is 0 Å². The van der Waals surface area contributed by atoms with Gasteiger partial charge in [-0.1, -0.05) is 188 Å². The van der Waals surface area contributed by atoms with E-state index in [9.17, 15) is 0 Å². The molecule has 2 nitrogen and oxygen atoms in total. The van der Waals surface area contributed by atoms with Crippen LogP contribution in [0.15, 0.2) is 231 Å². The van der Waals surface area contributed by atoms with Crippen LogP contribution in [-0.2, 0) is 0 Å². The molecule has 0 N–H and O–H groups in total. The Labute approximate surface area is 363 Å². The molecule has 0 aromatic heterocycles. The number of benzene rings is 11. The predicted octanol–water partition coefficient (Wildman–Crippen LogP) is 17.1. The van der Waals surface area contributed by atoms with E-state index < -0.39 is 0 Å². The molecule has 0 saturated carbocycles. The molecule has 62 heavy (non-hydrogen) atoms. The van der Waals surface area contributed by atoms with Gasteiger partial charge in [-0.15, -0.1) is 0 Å². The first-order valence-electron chi connectivity index (χ1n) is 21.4. The third-order valence-corrected chi connectivity index (χ3v) is 12.4. The number of nitrogens with zero attached hydrogens (tertiary/aromatic N) is 2. The number of aryl methyl sites for hydroxylation is 2. The van der Waals surface area contributed by atoms with Gasteiger partial charge in [0.1, 0.15) is 0 Å². The number of para-hydroxylation sites is 4. The third kappa shape index (κ3) is 6.36. The zero-order valence-corrected chi connectivity index (χ0v) is 34.8. The van der Waals surface area contributed by atoms with Crippen molar-refractivity contribution in [2.24, 2.45) is 0 Å². The summed E-state index contributed by atoms with van der Waals surface area (Å²) in [5, 5.41) is 7.36. The van der Waals surface area contributed by atoms with Gasteiger partial charge in [0.25, 0.3) is 0 Å². The highest BCUT2D eigenvalue weighted by molar-refractivity contribution is 6.29. The van der Waals surface area contributed by atoms with E-state index in [0.717, 1.165) is 34.1 Å². The van der Waals surface area contributed by atoms with Crippen molar-refractivity contribution in [2.45, 2.75) is 13.8 Å². The van der Waals surface area contributed by atoms with Gasteiger partial charge < -0.3 is 9.80 Å². The van der Waals surface area contributed by atoms with Crippen LogP contribution >= 0.6 is 0 Å². The van der Waals surface area contributed by atoms with Gasteiger partial charge in [-0.25, -0.2) is 0 Å². The summed E-state index contributed by atoms with van der Waals surface area (Å²) < 4.78 is 0. The zero-order valence-electron chi connectivity index (χ0n) is 34.8. The molecule has 0 atom stereocenters. The van der Waals surface area contributed by atoms with Crippen molar-refractivity contribution in [3.63, 3.8) is 0 Å². The lowest BCUT2D eigenvalue weighted by Crippen LogP contribution is -2.17. The number of hydrogen-bond acceptors (Lipinski definition) is 2. The second kappa shape index (κ2) is 15.6. The minimum atomic E-state index is 1.10. The molecule has 0 fully saturated rings. The van der Waals surface area contributed by atoms with Crippen LogP contribution in [0, 0.1) is 13.8 Å². The monoisotopic (exact) mass is 792 g/mol. The number of hydrogen-bond donors (Lipinski definition) is 0. The van der Waals surface area contributed by atoms with Crippen LogP contribution < -0.4 is 9.80 Å². The fourth-order valence-corrected chi connectivity index (χ4v) is 9.59. The van der Waals surface area contributed by atoms with E-state index in [2.05, 4.69) is 254 Å². The van der Waals surface area contributed by atoms with Gasteiger partial charge in [-0.05, 0) is 106 Å². The maximum Gasteiger partial charge on any atom is 0.0569 e. The van der Waals surface area contributed by atoms with Gasteiger partial charge in [-0.2, -0.15) is 0 Å².